The van der Waals surface area contributed by atoms with E-state index in [1.807, 2.05) is 13.2 Å². The first kappa shape index (κ1) is 48.5. The molecular formula is C34H59N9O11S. The third-order valence-electron chi connectivity index (χ3n) is 9.04. The monoisotopic (exact) mass is 801 g/mol. The quantitative estimate of drug-likeness (QED) is 0.0677. The first-order valence-electron chi connectivity index (χ1n) is 18.2. The molecule has 21 heteroatoms. The fourth-order valence-corrected chi connectivity index (χ4v) is 5.77. The van der Waals surface area contributed by atoms with Crippen molar-refractivity contribution in [2.45, 2.75) is 114 Å². The number of nitrogens with one attached hydrogen (secondary N) is 7. The SMILES string of the molecule is C=C1N[C@@H](CO)C(=O)NC(C(=O)N[C@@H](CO)C(=O)NC(CCC(N)=O)C(=O)O)CCCCNC(=O)CCC(NC(=O)C(N)[C@@H](C)CC)C(=O)N[C@H]1CCSC. The Balaban J connectivity index is 3.32. The third kappa shape index (κ3) is 17.7. The molecule has 0 saturated carbocycles. The fourth-order valence-electron chi connectivity index (χ4n) is 5.30. The highest BCUT2D eigenvalue weighted by Gasteiger charge is 2.33. The molecule has 312 valence electrons. The molecule has 0 aromatic carbocycles. The van der Waals surface area contributed by atoms with Crippen LogP contribution in [0.2, 0.25) is 0 Å². The van der Waals surface area contributed by atoms with Crippen LogP contribution in [0, 0.1) is 5.92 Å². The molecule has 7 amide bonds. The van der Waals surface area contributed by atoms with Crippen molar-refractivity contribution >= 4 is 59.1 Å². The van der Waals surface area contributed by atoms with Gasteiger partial charge in [-0.1, -0.05) is 26.8 Å². The molecule has 1 aliphatic rings. The predicted octanol–water partition coefficient (Wildman–Crippen LogP) is -3.58. The van der Waals surface area contributed by atoms with Gasteiger partial charge in [0.15, 0.2) is 0 Å². The number of amides is 7. The van der Waals surface area contributed by atoms with Crippen LogP contribution in [0.1, 0.15) is 71.6 Å². The molecule has 8 atom stereocenters. The molecule has 1 fully saturated rings. The molecule has 1 aliphatic heterocycles. The molecule has 14 N–H and O–H groups in total. The second kappa shape index (κ2) is 25.6. The van der Waals surface area contributed by atoms with E-state index < -0.39 is 103 Å². The van der Waals surface area contributed by atoms with Crippen LogP contribution in [-0.2, 0) is 38.4 Å². The van der Waals surface area contributed by atoms with E-state index in [9.17, 15) is 53.7 Å². The van der Waals surface area contributed by atoms with Crippen LogP contribution in [0.4, 0.5) is 0 Å². The highest BCUT2D eigenvalue weighted by molar-refractivity contribution is 7.98. The van der Waals surface area contributed by atoms with E-state index in [1.54, 1.807) is 6.92 Å². The molecule has 1 saturated heterocycles. The van der Waals surface area contributed by atoms with Gasteiger partial charge in [0.2, 0.25) is 41.4 Å². The number of carboxylic acids is 1. The van der Waals surface area contributed by atoms with Gasteiger partial charge < -0.3 is 64.0 Å². The molecule has 0 aliphatic carbocycles. The summed E-state index contributed by atoms with van der Waals surface area (Å²) in [5.74, 6) is -6.38. The zero-order valence-corrected chi connectivity index (χ0v) is 32.5. The molecule has 0 aromatic heterocycles. The van der Waals surface area contributed by atoms with Crippen LogP contribution in [0.15, 0.2) is 12.3 Å². The predicted molar refractivity (Wildman–Crippen MR) is 202 cm³/mol. The number of carbonyl (C=O) groups excluding carboxylic acids is 7. The number of nitrogens with two attached hydrogens (primary N) is 2. The summed E-state index contributed by atoms with van der Waals surface area (Å²) >= 11 is 1.46. The Morgan fingerprint density at radius 1 is 0.964 bits per heavy atom. The van der Waals surface area contributed by atoms with Crippen molar-refractivity contribution in [2.75, 3.05) is 31.8 Å². The Morgan fingerprint density at radius 3 is 2.24 bits per heavy atom. The van der Waals surface area contributed by atoms with Gasteiger partial charge in [-0.3, -0.25) is 33.6 Å². The van der Waals surface area contributed by atoms with Gasteiger partial charge in [-0.25, -0.2) is 4.79 Å². The number of carbonyl (C=O) groups is 8. The Kier molecular flexibility index (Phi) is 22.6. The zero-order chi connectivity index (χ0) is 41.7. The summed E-state index contributed by atoms with van der Waals surface area (Å²) in [6, 6.07) is -8.77. The molecule has 0 radical (unpaired) electrons. The van der Waals surface area contributed by atoms with E-state index in [0.29, 0.717) is 25.0 Å². The van der Waals surface area contributed by atoms with E-state index in [4.69, 9.17) is 11.5 Å². The first-order chi connectivity index (χ1) is 26.0. The van der Waals surface area contributed by atoms with Crippen molar-refractivity contribution in [3.63, 3.8) is 0 Å². The lowest BCUT2D eigenvalue weighted by Gasteiger charge is -2.29. The number of primary amides is 1. The van der Waals surface area contributed by atoms with Crippen LogP contribution in [0.25, 0.3) is 0 Å². The summed E-state index contributed by atoms with van der Waals surface area (Å²) in [4.78, 5) is 102. The minimum Gasteiger partial charge on any atom is -0.480 e. The van der Waals surface area contributed by atoms with Crippen LogP contribution in [0.5, 0.6) is 0 Å². The van der Waals surface area contributed by atoms with Crippen molar-refractivity contribution in [1.29, 1.82) is 0 Å². The van der Waals surface area contributed by atoms with Crippen molar-refractivity contribution < 1.29 is 53.7 Å². The number of aliphatic hydroxyl groups excluding tert-OH is 2. The maximum Gasteiger partial charge on any atom is 0.326 e. The molecule has 20 nitrogen and oxygen atoms in total. The minimum absolute atomic E-state index is 0.0282. The van der Waals surface area contributed by atoms with Gasteiger partial charge in [0.25, 0.3) is 0 Å². The second-order valence-electron chi connectivity index (χ2n) is 13.3. The molecule has 0 spiro atoms. The smallest absolute Gasteiger partial charge is 0.326 e. The molecule has 0 aromatic rings. The van der Waals surface area contributed by atoms with Gasteiger partial charge in [-0.15, -0.1) is 0 Å². The minimum atomic E-state index is -1.65. The summed E-state index contributed by atoms with van der Waals surface area (Å²) in [7, 11) is 0. The number of carboxylic acid groups (broad SMARTS) is 1. The Bertz CT molecular complexity index is 1360. The summed E-state index contributed by atoms with van der Waals surface area (Å²) in [5.41, 5.74) is 11.3. The number of rotatable bonds is 17. The fraction of sp³-hybridized carbons (Fsp3) is 0.706. The van der Waals surface area contributed by atoms with Gasteiger partial charge in [-0.05, 0) is 56.5 Å². The van der Waals surface area contributed by atoms with Gasteiger partial charge in [-0.2, -0.15) is 11.8 Å². The first-order valence-corrected chi connectivity index (χ1v) is 19.6. The van der Waals surface area contributed by atoms with Gasteiger partial charge in [0.05, 0.1) is 25.3 Å². The van der Waals surface area contributed by atoms with E-state index in [0.717, 1.165) is 0 Å². The van der Waals surface area contributed by atoms with Crippen LogP contribution >= 0.6 is 11.8 Å². The highest BCUT2D eigenvalue weighted by Crippen LogP contribution is 2.12. The lowest BCUT2D eigenvalue weighted by molar-refractivity contribution is -0.143. The van der Waals surface area contributed by atoms with E-state index >= 15 is 0 Å². The summed E-state index contributed by atoms with van der Waals surface area (Å²) in [6.45, 7) is 6.07. The third-order valence-corrected chi connectivity index (χ3v) is 9.69. The number of aliphatic hydroxyl groups is 2. The average Bonchev–Trinajstić information content (AvgIpc) is 3.14. The van der Waals surface area contributed by atoms with E-state index in [-0.39, 0.29) is 56.7 Å². The number of hydrogen-bond donors (Lipinski definition) is 12. The largest absolute Gasteiger partial charge is 0.480 e. The standard InChI is InChI=1S/C34H59N9O11S/c1-5-18(2)28(36)33(52)41-22-10-12-27(47)37-14-7-6-8-21(29(48)43-25(17-45)32(51)42-23(34(53)54)9-11-26(35)46)40-31(50)24(16-44)38-19(3)20(13-15-55-4)39-30(22)49/h18,20-25,28,38,44-45H,3,5-17,36H2,1-2,4H3,(H2,35,46)(H,37,47)(H,39,49)(H,40,50)(H,41,52)(H,42,51)(H,43,48)(H,53,54)/t18-,20-,21?,22?,23?,24-,25-,28?/m0/s1. The molecule has 1 heterocycles. The molecule has 1 rings (SSSR count). The number of thioether (sulfide) groups is 1. The lowest BCUT2D eigenvalue weighted by Crippen LogP contribution is -2.59. The van der Waals surface area contributed by atoms with Gasteiger partial charge in [0, 0.05) is 25.1 Å². The summed E-state index contributed by atoms with van der Waals surface area (Å²) in [6.07, 6.45) is 2.42. The Hall–Kier alpha value is -4.47. The maximum atomic E-state index is 13.6. The summed E-state index contributed by atoms with van der Waals surface area (Å²) in [5, 5.41) is 47.5. The Labute approximate surface area is 324 Å². The maximum absolute atomic E-state index is 13.6. The van der Waals surface area contributed by atoms with E-state index in [2.05, 4.69) is 43.8 Å². The van der Waals surface area contributed by atoms with Gasteiger partial charge >= 0.3 is 5.97 Å². The normalized spacial score (nSPS) is 22.7. The van der Waals surface area contributed by atoms with Crippen molar-refractivity contribution in [3.05, 3.63) is 12.3 Å². The van der Waals surface area contributed by atoms with Gasteiger partial charge in [0.1, 0.15) is 30.2 Å². The van der Waals surface area contributed by atoms with Crippen LogP contribution in [0.3, 0.4) is 0 Å². The zero-order valence-electron chi connectivity index (χ0n) is 31.7. The topological polar surface area (TPSA) is 333 Å². The van der Waals surface area contributed by atoms with E-state index in [1.165, 1.54) is 11.8 Å². The van der Waals surface area contributed by atoms with Crippen molar-refractivity contribution in [2.24, 2.45) is 17.4 Å². The highest BCUT2D eigenvalue weighted by atomic mass is 32.2. The second-order valence-corrected chi connectivity index (χ2v) is 14.3. The molecule has 55 heavy (non-hydrogen) atoms. The molecular weight excluding hydrogens is 742 g/mol. The number of aliphatic carboxylic acids is 1. The number of hydrogen-bond acceptors (Lipinski definition) is 13. The summed E-state index contributed by atoms with van der Waals surface area (Å²) < 4.78 is 0. The van der Waals surface area contributed by atoms with Crippen LogP contribution in [-0.4, -0.2) is 137 Å². The molecule has 4 unspecified atom stereocenters. The molecule has 0 bridgehead atoms. The Morgan fingerprint density at radius 2 is 1.65 bits per heavy atom. The van der Waals surface area contributed by atoms with Crippen molar-refractivity contribution in [3.8, 4) is 0 Å². The van der Waals surface area contributed by atoms with Crippen molar-refractivity contribution in [1.82, 2.24) is 37.2 Å². The van der Waals surface area contributed by atoms with Crippen LogP contribution < -0.4 is 48.7 Å². The lowest BCUT2D eigenvalue weighted by atomic mass is 9.98. The average molecular weight is 802 g/mol.